The summed E-state index contributed by atoms with van der Waals surface area (Å²) in [5.74, 6) is -1.64. The van der Waals surface area contributed by atoms with Crippen LogP contribution >= 0.6 is 0 Å². The fraction of sp³-hybridized carbons (Fsp3) is 0.417. The molecule has 11 heteroatoms. The Morgan fingerprint density at radius 2 is 1.86 bits per heavy atom. The Bertz CT molecular complexity index is 1050. The van der Waals surface area contributed by atoms with Gasteiger partial charge in [0.25, 0.3) is 0 Å². The lowest BCUT2D eigenvalue weighted by atomic mass is 9.80. The van der Waals surface area contributed by atoms with Gasteiger partial charge in [0, 0.05) is 13.1 Å². The number of anilines is 2. The van der Waals surface area contributed by atoms with Crippen LogP contribution in [0.5, 0.6) is 0 Å². The van der Waals surface area contributed by atoms with Crippen LogP contribution in [0.1, 0.15) is 32.3 Å². The Hall–Kier alpha value is -3.18. The number of halogens is 2. The third-order valence-electron chi connectivity index (χ3n) is 5.70. The minimum Gasteiger partial charge on any atom is -0.442 e. The summed E-state index contributed by atoms with van der Waals surface area (Å²) < 4.78 is 34.2. The summed E-state index contributed by atoms with van der Waals surface area (Å²) in [7, 11) is -1.80. The van der Waals surface area contributed by atoms with Gasteiger partial charge >= 0.3 is 13.2 Å². The van der Waals surface area contributed by atoms with E-state index in [0.29, 0.717) is 11.4 Å². The summed E-state index contributed by atoms with van der Waals surface area (Å²) in [6.45, 7) is 5.66. The summed E-state index contributed by atoms with van der Waals surface area (Å²) in [5, 5.41) is 20.8. The number of ether oxygens (including phenoxy) is 1. The summed E-state index contributed by atoms with van der Waals surface area (Å²) in [6, 6.07) is 8.23. The van der Waals surface area contributed by atoms with E-state index in [4.69, 9.17) is 14.8 Å². The first-order valence-electron chi connectivity index (χ1n) is 11.7. The van der Waals surface area contributed by atoms with Gasteiger partial charge in [-0.25, -0.2) is 13.6 Å². The third kappa shape index (κ3) is 6.70. The van der Waals surface area contributed by atoms with Crippen molar-refractivity contribution in [3.8, 4) is 0 Å². The molecule has 0 bridgehead atoms. The van der Waals surface area contributed by atoms with Gasteiger partial charge in [-0.1, -0.05) is 26.0 Å². The quantitative estimate of drug-likeness (QED) is 0.418. The number of hydrogen-bond donors (Lipinski definition) is 3. The van der Waals surface area contributed by atoms with Crippen LogP contribution in [-0.4, -0.2) is 61.4 Å². The molecule has 2 amide bonds. The topological polar surface area (TPSA) is 102 Å². The first kappa shape index (κ1) is 26.4. The van der Waals surface area contributed by atoms with Crippen molar-refractivity contribution < 1.29 is 33.2 Å². The number of hydrogen-bond acceptors (Lipinski definition) is 6. The van der Waals surface area contributed by atoms with Crippen molar-refractivity contribution in [2.24, 2.45) is 0 Å². The molecule has 2 aromatic carbocycles. The molecule has 0 aromatic heterocycles. The first-order chi connectivity index (χ1) is 16.7. The molecule has 1 unspecified atom stereocenters. The minimum atomic E-state index is -1.80. The molecule has 0 aliphatic carbocycles. The molecule has 3 rings (SSSR count). The second-order valence-electron chi connectivity index (χ2n) is 8.44. The highest BCUT2D eigenvalue weighted by Crippen LogP contribution is 2.28. The molecule has 1 aliphatic rings. The van der Waals surface area contributed by atoms with Crippen LogP contribution in [0.4, 0.5) is 25.0 Å². The van der Waals surface area contributed by atoms with Crippen LogP contribution in [0.2, 0.25) is 0 Å². The third-order valence-corrected chi connectivity index (χ3v) is 5.70. The molecule has 0 saturated carbocycles. The van der Waals surface area contributed by atoms with Crippen molar-refractivity contribution in [2.45, 2.75) is 39.2 Å². The molecule has 0 radical (unpaired) electrons. The Labute approximate surface area is 203 Å². The van der Waals surface area contributed by atoms with Crippen LogP contribution in [0.25, 0.3) is 0 Å². The van der Waals surface area contributed by atoms with Crippen LogP contribution < -0.4 is 20.6 Å². The lowest BCUT2D eigenvalue weighted by Gasteiger charge is -2.25. The highest BCUT2D eigenvalue weighted by molar-refractivity contribution is 6.58. The van der Waals surface area contributed by atoms with Crippen molar-refractivity contribution >= 4 is 36.0 Å². The fourth-order valence-electron chi connectivity index (χ4n) is 3.98. The highest BCUT2D eigenvalue weighted by atomic mass is 19.1. The summed E-state index contributed by atoms with van der Waals surface area (Å²) >= 11 is 0. The van der Waals surface area contributed by atoms with Crippen LogP contribution in [0.3, 0.4) is 0 Å². The van der Waals surface area contributed by atoms with E-state index >= 15 is 0 Å². The average Bonchev–Trinajstić information content (AvgIpc) is 3.19. The number of cyclic esters (lactones) is 1. The Morgan fingerprint density at radius 3 is 2.46 bits per heavy atom. The predicted octanol–water partition coefficient (Wildman–Crippen LogP) is 1.96. The number of nitrogens with one attached hydrogen (secondary N) is 1. The molecular formula is C24H30BF2N3O5. The molecule has 188 valence electrons. The van der Waals surface area contributed by atoms with Gasteiger partial charge in [0.15, 0.2) is 0 Å². The minimum absolute atomic E-state index is 0.0114. The van der Waals surface area contributed by atoms with Gasteiger partial charge in [0.2, 0.25) is 5.91 Å². The SMILES string of the molecule is CCCN(CCC)c1ccc(N2CC(CNC(=O)Cc3ccc(B(O)O)cc3F)OC2=O)cc1F. The van der Waals surface area contributed by atoms with E-state index in [9.17, 15) is 18.4 Å². The molecule has 1 aliphatic heterocycles. The van der Waals surface area contributed by atoms with E-state index in [-0.39, 0.29) is 30.5 Å². The van der Waals surface area contributed by atoms with Gasteiger partial charge in [-0.05, 0) is 48.1 Å². The van der Waals surface area contributed by atoms with E-state index in [0.717, 1.165) is 32.0 Å². The average molecular weight is 489 g/mol. The van der Waals surface area contributed by atoms with Gasteiger partial charge in [0.1, 0.15) is 17.7 Å². The largest absolute Gasteiger partial charge is 0.488 e. The Balaban J connectivity index is 1.57. The van der Waals surface area contributed by atoms with Crippen molar-refractivity contribution in [1.82, 2.24) is 5.32 Å². The summed E-state index contributed by atoms with van der Waals surface area (Å²) in [5.41, 5.74) is 0.930. The van der Waals surface area contributed by atoms with Crippen LogP contribution in [0, 0.1) is 11.6 Å². The zero-order valence-corrected chi connectivity index (χ0v) is 19.8. The zero-order chi connectivity index (χ0) is 25.5. The summed E-state index contributed by atoms with van der Waals surface area (Å²) in [4.78, 5) is 27.9. The number of rotatable bonds is 11. The van der Waals surface area contributed by atoms with Crippen molar-refractivity contribution in [1.29, 1.82) is 0 Å². The second-order valence-corrected chi connectivity index (χ2v) is 8.44. The van der Waals surface area contributed by atoms with E-state index < -0.39 is 36.9 Å². The molecule has 0 spiro atoms. The second kappa shape index (κ2) is 12.0. The van der Waals surface area contributed by atoms with E-state index in [2.05, 4.69) is 5.32 Å². The van der Waals surface area contributed by atoms with E-state index in [1.54, 1.807) is 12.1 Å². The molecule has 1 fully saturated rings. The molecule has 1 saturated heterocycles. The van der Waals surface area contributed by atoms with Gasteiger partial charge in [-0.15, -0.1) is 0 Å². The predicted molar refractivity (Wildman–Crippen MR) is 130 cm³/mol. The number of amides is 2. The normalized spacial score (nSPS) is 15.2. The van der Waals surface area contributed by atoms with Gasteiger partial charge in [-0.2, -0.15) is 0 Å². The van der Waals surface area contributed by atoms with Crippen molar-refractivity contribution in [3.05, 3.63) is 53.6 Å². The van der Waals surface area contributed by atoms with Gasteiger partial charge < -0.3 is 25.0 Å². The number of carbonyl (C=O) groups excluding carboxylic acids is 2. The maximum absolute atomic E-state index is 14.9. The van der Waals surface area contributed by atoms with Crippen molar-refractivity contribution in [3.63, 3.8) is 0 Å². The number of carbonyl (C=O) groups is 2. The maximum Gasteiger partial charge on any atom is 0.488 e. The van der Waals surface area contributed by atoms with E-state index in [1.165, 1.54) is 23.1 Å². The molecule has 1 heterocycles. The van der Waals surface area contributed by atoms with Gasteiger partial charge in [-0.3, -0.25) is 9.69 Å². The Kier molecular flexibility index (Phi) is 9.05. The molecule has 8 nitrogen and oxygen atoms in total. The molecule has 3 N–H and O–H groups in total. The Morgan fingerprint density at radius 1 is 1.14 bits per heavy atom. The number of benzene rings is 2. The lowest BCUT2D eigenvalue weighted by molar-refractivity contribution is -0.120. The molecular weight excluding hydrogens is 459 g/mol. The van der Waals surface area contributed by atoms with Crippen molar-refractivity contribution in [2.75, 3.05) is 36.0 Å². The molecule has 1 atom stereocenters. The lowest BCUT2D eigenvalue weighted by Crippen LogP contribution is -2.36. The standard InChI is InChI=1S/C24H30BF2N3O5/c1-3-9-29(10-4-2)22-8-7-18(13-21(22)27)30-15-19(35-24(30)32)14-28-23(31)11-16-5-6-17(25(33)34)12-20(16)26/h5-8,12-13,19,33-34H,3-4,9-11,14-15H2,1-2H3,(H,28,31). The number of nitrogens with zero attached hydrogens (tertiary/aromatic N) is 2. The first-order valence-corrected chi connectivity index (χ1v) is 11.7. The van der Waals surface area contributed by atoms with Gasteiger partial charge in [0.05, 0.1) is 30.9 Å². The monoisotopic (exact) mass is 489 g/mol. The fourth-order valence-corrected chi connectivity index (χ4v) is 3.98. The van der Waals surface area contributed by atoms with Crippen LogP contribution in [0.15, 0.2) is 36.4 Å². The summed E-state index contributed by atoms with van der Waals surface area (Å²) in [6.07, 6.45) is 0.215. The molecule has 35 heavy (non-hydrogen) atoms. The smallest absolute Gasteiger partial charge is 0.442 e. The van der Waals surface area contributed by atoms with Crippen LogP contribution in [-0.2, 0) is 16.0 Å². The van der Waals surface area contributed by atoms with E-state index in [1.807, 2.05) is 18.7 Å². The zero-order valence-electron chi connectivity index (χ0n) is 19.8. The maximum atomic E-state index is 14.9. The highest BCUT2D eigenvalue weighted by Gasteiger charge is 2.33. The molecule has 2 aromatic rings.